The third kappa shape index (κ3) is 4.34. The molecule has 1 spiro atoms. The van der Waals surface area contributed by atoms with Crippen LogP contribution in [0.3, 0.4) is 0 Å². The minimum atomic E-state index is -0.0519. The van der Waals surface area contributed by atoms with Crippen LogP contribution in [0.4, 0.5) is 0 Å². The second kappa shape index (κ2) is 8.96. The second-order valence-corrected chi connectivity index (χ2v) is 10.0. The predicted molar refractivity (Wildman–Crippen MR) is 124 cm³/mol. The Morgan fingerprint density at radius 2 is 1.86 bits per heavy atom. The van der Waals surface area contributed by atoms with Gasteiger partial charge in [0, 0.05) is 43.6 Å². The van der Waals surface area contributed by atoms with Gasteiger partial charge in [-0.2, -0.15) is 0 Å². The van der Waals surface area contributed by atoms with Crippen LogP contribution in [-0.2, 0) is 9.47 Å². The average Bonchev–Trinajstić information content (AvgIpc) is 3.26. The monoisotopic (exact) mass is 505 g/mol. The lowest BCUT2D eigenvalue weighted by Gasteiger charge is -2.57. The van der Waals surface area contributed by atoms with Crippen LogP contribution in [-0.4, -0.2) is 61.0 Å². The number of fused-ring (bicyclic) bond motifs is 2. The van der Waals surface area contributed by atoms with Gasteiger partial charge in [-0.25, -0.2) is 0 Å². The van der Waals surface area contributed by atoms with Crippen molar-refractivity contribution in [2.24, 2.45) is 16.3 Å². The van der Waals surface area contributed by atoms with Crippen molar-refractivity contribution in [1.29, 1.82) is 0 Å². The highest BCUT2D eigenvalue weighted by molar-refractivity contribution is 14.0. The molecule has 0 aromatic carbocycles. The van der Waals surface area contributed by atoms with E-state index in [0.717, 1.165) is 45.0 Å². The minimum absolute atomic E-state index is 0. The van der Waals surface area contributed by atoms with Gasteiger partial charge in [-0.1, -0.05) is 12.8 Å². The number of halogens is 1. The largest absolute Gasteiger partial charge is 0.377 e. The average molecular weight is 505 g/mol. The number of guanidine groups is 1. The summed E-state index contributed by atoms with van der Waals surface area (Å²) in [6.45, 7) is 12.5. The summed E-state index contributed by atoms with van der Waals surface area (Å²) in [5.74, 6) is 1.82. The zero-order valence-electron chi connectivity index (χ0n) is 18.2. The van der Waals surface area contributed by atoms with Gasteiger partial charge in [0.1, 0.15) is 0 Å². The molecule has 28 heavy (non-hydrogen) atoms. The quantitative estimate of drug-likeness (QED) is 0.355. The van der Waals surface area contributed by atoms with Crippen LogP contribution in [0.15, 0.2) is 4.99 Å². The van der Waals surface area contributed by atoms with Gasteiger partial charge in [0.05, 0.1) is 17.8 Å². The van der Waals surface area contributed by atoms with Gasteiger partial charge in [0.15, 0.2) is 5.96 Å². The first kappa shape index (κ1) is 22.6. The maximum absolute atomic E-state index is 6.21. The number of aliphatic imine (C=N–C) groups is 1. The second-order valence-electron chi connectivity index (χ2n) is 10.0. The van der Waals surface area contributed by atoms with Gasteiger partial charge in [-0.05, 0) is 59.8 Å². The van der Waals surface area contributed by atoms with E-state index in [0.29, 0.717) is 29.6 Å². The summed E-state index contributed by atoms with van der Waals surface area (Å²) < 4.78 is 12.4. The minimum Gasteiger partial charge on any atom is -0.377 e. The molecule has 1 N–H and O–H groups in total. The lowest BCUT2D eigenvalue weighted by Crippen LogP contribution is -2.69. The van der Waals surface area contributed by atoms with Gasteiger partial charge in [0.2, 0.25) is 0 Å². The van der Waals surface area contributed by atoms with Crippen molar-refractivity contribution in [3.63, 3.8) is 0 Å². The van der Waals surface area contributed by atoms with Crippen molar-refractivity contribution < 1.29 is 9.47 Å². The molecule has 3 atom stereocenters. The zero-order valence-corrected chi connectivity index (χ0v) is 20.5. The Morgan fingerprint density at radius 3 is 2.46 bits per heavy atom. The number of hydrogen-bond acceptors (Lipinski definition) is 3. The van der Waals surface area contributed by atoms with Gasteiger partial charge in [0.25, 0.3) is 0 Å². The topological polar surface area (TPSA) is 46.1 Å². The van der Waals surface area contributed by atoms with Crippen LogP contribution in [0.25, 0.3) is 0 Å². The van der Waals surface area contributed by atoms with Gasteiger partial charge < -0.3 is 19.7 Å². The van der Waals surface area contributed by atoms with Gasteiger partial charge in [-0.3, -0.25) is 4.99 Å². The molecule has 0 aromatic rings. The number of nitrogens with one attached hydrogen (secondary N) is 1. The fourth-order valence-corrected chi connectivity index (χ4v) is 6.12. The van der Waals surface area contributed by atoms with E-state index in [1.807, 2.05) is 0 Å². The van der Waals surface area contributed by atoms with E-state index < -0.39 is 0 Å². The molecule has 5 nitrogen and oxygen atoms in total. The Morgan fingerprint density at radius 1 is 1.18 bits per heavy atom. The molecule has 4 rings (SSSR count). The number of nitrogens with zero attached hydrogens (tertiary/aromatic N) is 2. The molecule has 4 fully saturated rings. The Hall–Kier alpha value is -0.0800. The molecule has 162 valence electrons. The first-order valence-corrected chi connectivity index (χ1v) is 11.3. The maximum atomic E-state index is 6.21. The van der Waals surface area contributed by atoms with Crippen LogP contribution in [0.1, 0.15) is 72.6 Å². The van der Waals surface area contributed by atoms with E-state index >= 15 is 0 Å². The Labute approximate surface area is 188 Å². The number of piperidine rings is 1. The number of hydrogen-bond donors (Lipinski definition) is 1. The van der Waals surface area contributed by atoms with Crippen LogP contribution >= 0.6 is 24.0 Å². The Balaban J connectivity index is 0.00000225. The number of likely N-dealkylation sites (tertiary alicyclic amines) is 1. The highest BCUT2D eigenvalue weighted by atomic mass is 127. The fourth-order valence-electron chi connectivity index (χ4n) is 6.12. The van der Waals surface area contributed by atoms with Crippen molar-refractivity contribution in [3.8, 4) is 0 Å². The summed E-state index contributed by atoms with van der Waals surface area (Å²) in [5.41, 5.74) is 0.326. The number of ether oxygens (including phenoxy) is 2. The third-order valence-corrected chi connectivity index (χ3v) is 7.14. The zero-order chi connectivity index (χ0) is 19.1. The normalized spacial score (nSPS) is 32.8. The van der Waals surface area contributed by atoms with E-state index in [1.54, 1.807) is 0 Å². The van der Waals surface area contributed by atoms with Crippen molar-refractivity contribution in [3.05, 3.63) is 0 Å². The van der Waals surface area contributed by atoms with Crippen LogP contribution in [0, 0.1) is 11.3 Å². The predicted octanol–water partition coefficient (Wildman–Crippen LogP) is 4.20. The lowest BCUT2D eigenvalue weighted by atomic mass is 9.54. The Kier molecular flexibility index (Phi) is 7.24. The lowest BCUT2D eigenvalue weighted by molar-refractivity contribution is -0.125. The molecule has 4 aliphatic rings. The SMILES string of the molecule is CCN=C(NC1C2CCOC2C12CCCC2)N1CCC(OC(C)(C)C)CC1.I. The fraction of sp³-hybridized carbons (Fsp3) is 0.955. The molecular weight excluding hydrogens is 465 g/mol. The molecule has 0 bridgehead atoms. The van der Waals surface area contributed by atoms with Crippen molar-refractivity contribution in [2.45, 2.75) is 96.5 Å². The number of rotatable bonds is 3. The van der Waals surface area contributed by atoms with E-state index in [-0.39, 0.29) is 29.6 Å². The smallest absolute Gasteiger partial charge is 0.194 e. The van der Waals surface area contributed by atoms with Crippen molar-refractivity contribution in [2.75, 3.05) is 26.2 Å². The molecule has 2 aliphatic carbocycles. The molecule has 3 unspecified atom stereocenters. The van der Waals surface area contributed by atoms with Crippen molar-refractivity contribution in [1.82, 2.24) is 10.2 Å². The van der Waals surface area contributed by atoms with Gasteiger partial charge >= 0.3 is 0 Å². The van der Waals surface area contributed by atoms with E-state index in [1.165, 1.54) is 32.1 Å². The molecule has 2 saturated heterocycles. The molecule has 6 heteroatoms. The van der Waals surface area contributed by atoms with Crippen LogP contribution < -0.4 is 5.32 Å². The van der Waals surface area contributed by atoms with E-state index in [4.69, 9.17) is 14.5 Å². The summed E-state index contributed by atoms with van der Waals surface area (Å²) in [5, 5.41) is 3.95. The molecule has 0 amide bonds. The molecule has 2 saturated carbocycles. The van der Waals surface area contributed by atoms with Crippen molar-refractivity contribution >= 4 is 29.9 Å². The third-order valence-electron chi connectivity index (χ3n) is 7.14. The highest BCUT2D eigenvalue weighted by Gasteiger charge is 2.65. The van der Waals surface area contributed by atoms with E-state index in [9.17, 15) is 0 Å². The highest BCUT2D eigenvalue weighted by Crippen LogP contribution is 2.60. The standard InChI is InChI=1S/C22H39N3O2.HI/c1-5-23-20(25-13-8-16(9-14-25)27-21(2,3)4)24-18-17-10-15-26-19(17)22(18)11-6-7-12-22;/h16-19H,5-15H2,1-4H3,(H,23,24);1H. The van der Waals surface area contributed by atoms with Crippen LogP contribution in [0.5, 0.6) is 0 Å². The summed E-state index contributed by atoms with van der Waals surface area (Å²) in [7, 11) is 0. The summed E-state index contributed by atoms with van der Waals surface area (Å²) >= 11 is 0. The van der Waals surface area contributed by atoms with E-state index in [2.05, 4.69) is 37.9 Å². The molecule has 0 aromatic heterocycles. The molecule has 0 radical (unpaired) electrons. The summed E-state index contributed by atoms with van der Waals surface area (Å²) in [6, 6.07) is 0.557. The van der Waals surface area contributed by atoms with Gasteiger partial charge in [-0.15, -0.1) is 24.0 Å². The Bertz CT molecular complexity index is 548. The molecule has 2 aliphatic heterocycles. The summed E-state index contributed by atoms with van der Waals surface area (Å²) in [6.07, 6.45) is 9.65. The first-order valence-electron chi connectivity index (χ1n) is 11.3. The molecule has 2 heterocycles. The summed E-state index contributed by atoms with van der Waals surface area (Å²) in [4.78, 5) is 7.36. The first-order chi connectivity index (χ1) is 12.9. The maximum Gasteiger partial charge on any atom is 0.194 e. The van der Waals surface area contributed by atoms with Crippen LogP contribution in [0.2, 0.25) is 0 Å². The molecular formula is C22H40IN3O2.